The Morgan fingerprint density at radius 3 is 2.67 bits per heavy atom. The standard InChI is InChI=1S/C11H6Cl2N4O/c12-7-2-1-3-8(13)9(7)11(18)16-10-6(4-14)5-15-17-10/h1-3,5H,(H2,15,16,17,18). The van der Waals surface area contributed by atoms with Crippen molar-refractivity contribution in [2.45, 2.75) is 0 Å². The largest absolute Gasteiger partial charge is 0.306 e. The maximum absolute atomic E-state index is 12.0. The fourth-order valence-corrected chi connectivity index (χ4v) is 1.93. The molecule has 0 saturated carbocycles. The molecule has 1 aromatic carbocycles. The number of anilines is 1. The Morgan fingerprint density at radius 2 is 2.06 bits per heavy atom. The van der Waals surface area contributed by atoms with Gasteiger partial charge in [-0.05, 0) is 12.1 Å². The van der Waals surface area contributed by atoms with E-state index in [0.717, 1.165) is 0 Å². The third kappa shape index (κ3) is 2.30. The number of hydrogen-bond donors (Lipinski definition) is 2. The van der Waals surface area contributed by atoms with Crippen LogP contribution in [-0.2, 0) is 0 Å². The van der Waals surface area contributed by atoms with Gasteiger partial charge in [0, 0.05) is 0 Å². The van der Waals surface area contributed by atoms with Crippen LogP contribution >= 0.6 is 23.2 Å². The van der Waals surface area contributed by atoms with Gasteiger partial charge in [0.05, 0.1) is 21.8 Å². The Morgan fingerprint density at radius 1 is 1.39 bits per heavy atom. The van der Waals surface area contributed by atoms with Gasteiger partial charge in [0.15, 0.2) is 0 Å². The summed E-state index contributed by atoms with van der Waals surface area (Å²) in [6, 6.07) is 6.64. The minimum atomic E-state index is -0.508. The fraction of sp³-hybridized carbons (Fsp3) is 0. The lowest BCUT2D eigenvalue weighted by Crippen LogP contribution is -2.14. The van der Waals surface area contributed by atoms with Crippen molar-refractivity contribution >= 4 is 34.9 Å². The lowest BCUT2D eigenvalue weighted by atomic mass is 10.2. The van der Waals surface area contributed by atoms with Crippen molar-refractivity contribution in [3.05, 3.63) is 45.6 Å². The summed E-state index contributed by atoms with van der Waals surface area (Å²) in [7, 11) is 0. The molecule has 2 rings (SSSR count). The number of nitriles is 1. The van der Waals surface area contributed by atoms with Crippen LogP contribution in [0.25, 0.3) is 0 Å². The zero-order valence-corrected chi connectivity index (χ0v) is 10.4. The SMILES string of the molecule is N#Cc1cn[nH]c1NC(=O)c1c(Cl)cccc1Cl. The number of carbonyl (C=O) groups is 1. The van der Waals surface area contributed by atoms with Crippen molar-refractivity contribution in [3.8, 4) is 6.07 Å². The normalized spacial score (nSPS) is 9.83. The van der Waals surface area contributed by atoms with Crippen LogP contribution < -0.4 is 5.32 Å². The third-order valence-corrected chi connectivity index (χ3v) is 2.82. The van der Waals surface area contributed by atoms with E-state index in [4.69, 9.17) is 28.5 Å². The number of amides is 1. The zero-order valence-electron chi connectivity index (χ0n) is 8.87. The molecule has 0 fully saturated rings. The number of benzene rings is 1. The van der Waals surface area contributed by atoms with Crippen molar-refractivity contribution in [2.24, 2.45) is 0 Å². The molecule has 0 radical (unpaired) electrons. The molecule has 0 spiro atoms. The van der Waals surface area contributed by atoms with Gasteiger partial charge >= 0.3 is 0 Å². The molecule has 18 heavy (non-hydrogen) atoms. The van der Waals surface area contributed by atoms with Crippen LogP contribution in [0.1, 0.15) is 15.9 Å². The summed E-state index contributed by atoms with van der Waals surface area (Å²) >= 11 is 11.8. The first-order valence-electron chi connectivity index (χ1n) is 4.82. The summed E-state index contributed by atoms with van der Waals surface area (Å²) in [4.78, 5) is 12.0. The van der Waals surface area contributed by atoms with Gasteiger partial charge in [-0.1, -0.05) is 29.3 Å². The highest BCUT2D eigenvalue weighted by molar-refractivity contribution is 6.40. The molecular weight excluding hydrogens is 275 g/mol. The van der Waals surface area contributed by atoms with Crippen LogP contribution in [0.3, 0.4) is 0 Å². The Hall–Kier alpha value is -2.03. The van der Waals surface area contributed by atoms with Crippen LogP contribution in [-0.4, -0.2) is 16.1 Å². The molecule has 0 saturated heterocycles. The molecule has 2 N–H and O–H groups in total. The summed E-state index contributed by atoms with van der Waals surface area (Å²) in [5.41, 5.74) is 0.380. The average molecular weight is 281 g/mol. The Labute approximate surface area is 112 Å². The Kier molecular flexibility index (Phi) is 3.51. The minimum absolute atomic E-state index is 0.152. The average Bonchev–Trinajstić information content (AvgIpc) is 2.76. The highest BCUT2D eigenvalue weighted by Gasteiger charge is 2.16. The molecule has 0 aliphatic rings. The molecular formula is C11H6Cl2N4O. The van der Waals surface area contributed by atoms with Gasteiger partial charge in [-0.3, -0.25) is 9.89 Å². The van der Waals surface area contributed by atoms with Crippen LogP contribution in [0.5, 0.6) is 0 Å². The smallest absolute Gasteiger partial charge is 0.259 e. The summed E-state index contributed by atoms with van der Waals surface area (Å²) in [5, 5.41) is 17.9. The number of aromatic nitrogens is 2. The summed E-state index contributed by atoms with van der Waals surface area (Å²) in [5.74, 6) is -0.301. The molecule has 0 bridgehead atoms. The Bertz CT molecular complexity index is 624. The van der Waals surface area contributed by atoms with E-state index >= 15 is 0 Å². The molecule has 0 unspecified atom stereocenters. The van der Waals surface area contributed by atoms with Crippen LogP contribution in [0.2, 0.25) is 10.0 Å². The van der Waals surface area contributed by atoms with E-state index in [1.54, 1.807) is 18.2 Å². The predicted molar refractivity (Wildman–Crippen MR) is 67.7 cm³/mol. The van der Waals surface area contributed by atoms with Gasteiger partial charge in [0.2, 0.25) is 0 Å². The first kappa shape index (κ1) is 12.4. The fourth-order valence-electron chi connectivity index (χ4n) is 1.36. The molecule has 0 atom stereocenters. The Balaban J connectivity index is 2.31. The summed E-state index contributed by atoms with van der Waals surface area (Å²) in [6.45, 7) is 0. The maximum Gasteiger partial charge on any atom is 0.259 e. The van der Waals surface area contributed by atoms with Crippen molar-refractivity contribution in [3.63, 3.8) is 0 Å². The number of H-pyrrole nitrogens is 1. The number of hydrogen-bond acceptors (Lipinski definition) is 3. The summed E-state index contributed by atoms with van der Waals surface area (Å²) < 4.78 is 0. The van der Waals surface area contributed by atoms with Gasteiger partial charge in [-0.15, -0.1) is 0 Å². The molecule has 7 heteroatoms. The second kappa shape index (κ2) is 5.08. The van der Waals surface area contributed by atoms with Crippen LogP contribution in [0.15, 0.2) is 24.4 Å². The van der Waals surface area contributed by atoms with Crippen LogP contribution in [0, 0.1) is 11.3 Å². The van der Waals surface area contributed by atoms with Gasteiger partial charge in [0.1, 0.15) is 17.5 Å². The quantitative estimate of drug-likeness (QED) is 0.888. The molecule has 2 aromatic rings. The van der Waals surface area contributed by atoms with Crippen molar-refractivity contribution in [1.82, 2.24) is 10.2 Å². The van der Waals surface area contributed by atoms with E-state index in [2.05, 4.69) is 15.5 Å². The maximum atomic E-state index is 12.0. The first-order chi connectivity index (χ1) is 8.63. The first-order valence-corrected chi connectivity index (χ1v) is 5.58. The molecule has 5 nitrogen and oxygen atoms in total. The highest BCUT2D eigenvalue weighted by Crippen LogP contribution is 2.25. The molecule has 0 aliphatic carbocycles. The van der Waals surface area contributed by atoms with E-state index in [0.29, 0.717) is 0 Å². The van der Waals surface area contributed by atoms with Gasteiger partial charge < -0.3 is 5.32 Å². The lowest BCUT2D eigenvalue weighted by Gasteiger charge is -2.06. The van der Waals surface area contributed by atoms with Gasteiger partial charge in [-0.25, -0.2) is 0 Å². The minimum Gasteiger partial charge on any atom is -0.306 e. The molecule has 1 aromatic heterocycles. The van der Waals surface area contributed by atoms with Crippen molar-refractivity contribution < 1.29 is 4.79 Å². The van der Waals surface area contributed by atoms with Crippen molar-refractivity contribution in [2.75, 3.05) is 5.32 Å². The number of nitrogens with zero attached hydrogens (tertiary/aromatic N) is 2. The number of rotatable bonds is 2. The number of aromatic amines is 1. The molecule has 0 aliphatic heterocycles. The number of halogens is 2. The topological polar surface area (TPSA) is 81.6 Å². The second-order valence-electron chi connectivity index (χ2n) is 3.32. The van der Waals surface area contributed by atoms with Gasteiger partial charge in [-0.2, -0.15) is 10.4 Å². The third-order valence-electron chi connectivity index (χ3n) is 2.19. The molecule has 1 heterocycles. The van der Waals surface area contributed by atoms with E-state index in [9.17, 15) is 4.79 Å². The molecule has 90 valence electrons. The monoisotopic (exact) mass is 280 g/mol. The van der Waals surface area contributed by atoms with E-state index < -0.39 is 5.91 Å². The van der Waals surface area contributed by atoms with E-state index in [1.807, 2.05) is 6.07 Å². The van der Waals surface area contributed by atoms with E-state index in [1.165, 1.54) is 6.20 Å². The van der Waals surface area contributed by atoms with E-state index in [-0.39, 0.29) is 27.0 Å². The zero-order chi connectivity index (χ0) is 13.1. The summed E-state index contributed by atoms with van der Waals surface area (Å²) in [6.07, 6.45) is 1.31. The second-order valence-corrected chi connectivity index (χ2v) is 4.14. The molecule has 1 amide bonds. The number of nitrogens with one attached hydrogen (secondary N) is 2. The lowest BCUT2D eigenvalue weighted by molar-refractivity contribution is 0.102. The number of carbonyl (C=O) groups excluding carboxylic acids is 1. The van der Waals surface area contributed by atoms with Gasteiger partial charge in [0.25, 0.3) is 5.91 Å². The predicted octanol–water partition coefficient (Wildman–Crippen LogP) is 2.84. The highest BCUT2D eigenvalue weighted by atomic mass is 35.5. The van der Waals surface area contributed by atoms with Crippen LogP contribution in [0.4, 0.5) is 5.82 Å². The van der Waals surface area contributed by atoms with Crippen molar-refractivity contribution in [1.29, 1.82) is 5.26 Å².